The molecule has 0 aromatic rings. The molecule has 2 unspecified atom stereocenters. The first-order chi connectivity index (χ1) is 6.65. The Hall–Kier alpha value is -0.610. The van der Waals surface area contributed by atoms with E-state index in [-0.39, 0.29) is 5.91 Å². The highest BCUT2D eigenvalue weighted by Crippen LogP contribution is 2.22. The minimum atomic E-state index is -0.0737. The lowest BCUT2D eigenvalue weighted by Gasteiger charge is -2.37. The maximum Gasteiger partial charge on any atom is 0.235 e. The number of nitrogens with one attached hydrogen (secondary N) is 1. The predicted octanol–water partition coefficient (Wildman–Crippen LogP) is 0.487. The Morgan fingerprint density at radius 1 is 1.57 bits per heavy atom. The molecule has 0 spiro atoms. The van der Waals surface area contributed by atoms with Crippen molar-refractivity contribution in [3.63, 3.8) is 0 Å². The number of carbonyl (C=O) groups excluding carboxylic acids is 1. The lowest BCUT2D eigenvalue weighted by Crippen LogP contribution is -2.44. The van der Waals surface area contributed by atoms with E-state index in [1.54, 1.807) is 0 Å². The summed E-state index contributed by atoms with van der Waals surface area (Å²) in [5.41, 5.74) is 2.16. The molecule has 1 aliphatic heterocycles. The Balaban J connectivity index is 2.32. The van der Waals surface area contributed by atoms with Gasteiger partial charge in [0.1, 0.15) is 0 Å². The highest BCUT2D eigenvalue weighted by Gasteiger charge is 2.24. The second-order valence-corrected chi connectivity index (χ2v) is 4.21. The van der Waals surface area contributed by atoms with Crippen LogP contribution in [0.2, 0.25) is 0 Å². The van der Waals surface area contributed by atoms with Gasteiger partial charge in [0, 0.05) is 19.0 Å². The SMILES string of the molecule is CC1CCCN(CCC(=O)NN)C1C. The molecule has 2 atom stereocenters. The Bertz CT molecular complexity index is 196. The van der Waals surface area contributed by atoms with Gasteiger partial charge in [-0.15, -0.1) is 0 Å². The molecule has 14 heavy (non-hydrogen) atoms. The highest BCUT2D eigenvalue weighted by molar-refractivity contribution is 5.75. The van der Waals surface area contributed by atoms with Crippen LogP contribution in [-0.4, -0.2) is 29.9 Å². The number of nitrogens with two attached hydrogens (primary N) is 1. The fourth-order valence-electron chi connectivity index (χ4n) is 2.05. The molecule has 4 nitrogen and oxygen atoms in total. The van der Waals surface area contributed by atoms with Crippen molar-refractivity contribution in [2.75, 3.05) is 13.1 Å². The monoisotopic (exact) mass is 199 g/mol. The third kappa shape index (κ3) is 2.96. The van der Waals surface area contributed by atoms with Crippen LogP contribution in [0.25, 0.3) is 0 Å². The molecular formula is C10H21N3O. The van der Waals surface area contributed by atoms with Crippen LogP contribution in [-0.2, 0) is 4.79 Å². The van der Waals surface area contributed by atoms with Gasteiger partial charge in [-0.3, -0.25) is 15.1 Å². The van der Waals surface area contributed by atoms with Gasteiger partial charge < -0.3 is 0 Å². The number of amides is 1. The van der Waals surface area contributed by atoms with E-state index in [4.69, 9.17) is 5.84 Å². The average Bonchev–Trinajstić information content (AvgIpc) is 2.20. The fourth-order valence-corrected chi connectivity index (χ4v) is 2.05. The molecule has 3 N–H and O–H groups in total. The smallest absolute Gasteiger partial charge is 0.235 e. The van der Waals surface area contributed by atoms with Crippen LogP contribution in [0.5, 0.6) is 0 Å². The van der Waals surface area contributed by atoms with Crippen LogP contribution in [0.1, 0.15) is 33.1 Å². The molecule has 0 bridgehead atoms. The van der Waals surface area contributed by atoms with Gasteiger partial charge >= 0.3 is 0 Å². The van der Waals surface area contributed by atoms with Crippen molar-refractivity contribution in [2.45, 2.75) is 39.2 Å². The fraction of sp³-hybridized carbons (Fsp3) is 0.900. The van der Waals surface area contributed by atoms with E-state index in [1.165, 1.54) is 12.8 Å². The first-order valence-electron chi connectivity index (χ1n) is 5.38. The van der Waals surface area contributed by atoms with Crippen LogP contribution in [0.4, 0.5) is 0 Å². The first-order valence-corrected chi connectivity index (χ1v) is 5.38. The Kier molecular flexibility index (Phi) is 4.35. The van der Waals surface area contributed by atoms with Gasteiger partial charge in [-0.1, -0.05) is 6.92 Å². The Morgan fingerprint density at radius 3 is 2.93 bits per heavy atom. The zero-order chi connectivity index (χ0) is 10.6. The van der Waals surface area contributed by atoms with E-state index < -0.39 is 0 Å². The number of piperidine rings is 1. The summed E-state index contributed by atoms with van der Waals surface area (Å²) in [5.74, 6) is 5.70. The number of likely N-dealkylation sites (tertiary alicyclic amines) is 1. The van der Waals surface area contributed by atoms with E-state index in [9.17, 15) is 4.79 Å². The first kappa shape index (κ1) is 11.5. The third-order valence-corrected chi connectivity index (χ3v) is 3.29. The van der Waals surface area contributed by atoms with Gasteiger partial charge in [0.25, 0.3) is 0 Å². The molecule has 0 aromatic carbocycles. The van der Waals surface area contributed by atoms with E-state index in [0.717, 1.165) is 19.0 Å². The van der Waals surface area contributed by atoms with Crippen LogP contribution in [0.3, 0.4) is 0 Å². The van der Waals surface area contributed by atoms with Crippen LogP contribution in [0, 0.1) is 5.92 Å². The van der Waals surface area contributed by atoms with Crippen molar-refractivity contribution < 1.29 is 4.79 Å². The van der Waals surface area contributed by atoms with E-state index >= 15 is 0 Å². The summed E-state index contributed by atoms with van der Waals surface area (Å²) >= 11 is 0. The molecule has 1 aliphatic rings. The third-order valence-electron chi connectivity index (χ3n) is 3.29. The summed E-state index contributed by atoms with van der Waals surface area (Å²) in [6.45, 7) is 6.46. The molecule has 1 amide bonds. The largest absolute Gasteiger partial charge is 0.300 e. The maximum absolute atomic E-state index is 11.0. The predicted molar refractivity (Wildman–Crippen MR) is 56.4 cm³/mol. The molecule has 1 fully saturated rings. The quantitative estimate of drug-likeness (QED) is 0.395. The maximum atomic E-state index is 11.0. The normalized spacial score (nSPS) is 28.8. The number of carbonyl (C=O) groups is 1. The van der Waals surface area contributed by atoms with Crippen LogP contribution < -0.4 is 11.3 Å². The molecular weight excluding hydrogens is 178 g/mol. The number of hydrogen-bond donors (Lipinski definition) is 2. The molecule has 0 aliphatic carbocycles. The molecule has 0 radical (unpaired) electrons. The molecule has 1 rings (SSSR count). The van der Waals surface area contributed by atoms with Gasteiger partial charge in [-0.05, 0) is 32.2 Å². The molecule has 0 saturated carbocycles. The van der Waals surface area contributed by atoms with Crippen molar-refractivity contribution in [1.29, 1.82) is 0 Å². The number of rotatable bonds is 3. The van der Waals surface area contributed by atoms with E-state index in [2.05, 4.69) is 24.2 Å². The Labute approximate surface area is 85.8 Å². The number of nitrogens with zero attached hydrogens (tertiary/aromatic N) is 1. The lowest BCUT2D eigenvalue weighted by atomic mass is 9.92. The molecule has 1 saturated heterocycles. The van der Waals surface area contributed by atoms with Crippen molar-refractivity contribution in [2.24, 2.45) is 11.8 Å². The van der Waals surface area contributed by atoms with Crippen molar-refractivity contribution in [1.82, 2.24) is 10.3 Å². The van der Waals surface area contributed by atoms with Crippen LogP contribution in [0.15, 0.2) is 0 Å². The van der Waals surface area contributed by atoms with Gasteiger partial charge in [0.15, 0.2) is 0 Å². The number of hydrazine groups is 1. The van der Waals surface area contributed by atoms with Gasteiger partial charge in [-0.2, -0.15) is 0 Å². The zero-order valence-electron chi connectivity index (χ0n) is 9.12. The van der Waals surface area contributed by atoms with E-state index in [1.807, 2.05) is 0 Å². The summed E-state index contributed by atoms with van der Waals surface area (Å²) in [4.78, 5) is 13.4. The van der Waals surface area contributed by atoms with Crippen LogP contribution >= 0.6 is 0 Å². The summed E-state index contributed by atoms with van der Waals surface area (Å²) in [6.07, 6.45) is 3.06. The topological polar surface area (TPSA) is 58.4 Å². The molecule has 0 aromatic heterocycles. The minimum absolute atomic E-state index is 0.0737. The lowest BCUT2D eigenvalue weighted by molar-refractivity contribution is -0.121. The van der Waals surface area contributed by atoms with Gasteiger partial charge in [0.2, 0.25) is 5.91 Å². The zero-order valence-corrected chi connectivity index (χ0v) is 9.12. The standard InChI is InChI=1S/C10H21N3O/c1-8-4-3-6-13(9(8)2)7-5-10(14)12-11/h8-9H,3-7,11H2,1-2H3,(H,12,14). The second-order valence-electron chi connectivity index (χ2n) is 4.21. The molecule has 82 valence electrons. The minimum Gasteiger partial charge on any atom is -0.300 e. The van der Waals surface area contributed by atoms with Gasteiger partial charge in [-0.25, -0.2) is 5.84 Å². The average molecular weight is 199 g/mol. The van der Waals surface area contributed by atoms with Crippen molar-refractivity contribution in [3.05, 3.63) is 0 Å². The van der Waals surface area contributed by atoms with E-state index in [0.29, 0.717) is 12.5 Å². The summed E-state index contributed by atoms with van der Waals surface area (Å²) in [5, 5.41) is 0. The van der Waals surface area contributed by atoms with Gasteiger partial charge in [0.05, 0.1) is 0 Å². The second kappa shape index (κ2) is 5.32. The number of hydrogen-bond acceptors (Lipinski definition) is 3. The van der Waals surface area contributed by atoms with Crippen molar-refractivity contribution in [3.8, 4) is 0 Å². The molecule has 1 heterocycles. The summed E-state index contributed by atoms with van der Waals surface area (Å²) < 4.78 is 0. The summed E-state index contributed by atoms with van der Waals surface area (Å²) in [6, 6.07) is 0.592. The molecule has 4 heteroatoms. The van der Waals surface area contributed by atoms with Crippen molar-refractivity contribution >= 4 is 5.91 Å². The highest BCUT2D eigenvalue weighted by atomic mass is 16.2. The summed E-state index contributed by atoms with van der Waals surface area (Å²) in [7, 11) is 0. The Morgan fingerprint density at radius 2 is 2.29 bits per heavy atom.